The average molecular weight is 239 g/mol. The molecule has 1 N–H and O–H groups in total. The summed E-state index contributed by atoms with van der Waals surface area (Å²) in [6.45, 7) is 7.67. The molecule has 0 bridgehead atoms. The van der Waals surface area contributed by atoms with Gasteiger partial charge in [0.2, 0.25) is 5.89 Å². The number of nitrogens with zero attached hydrogens (tertiary/aromatic N) is 2. The smallest absolute Gasteiger partial charge is 0.240 e. The summed E-state index contributed by atoms with van der Waals surface area (Å²) in [5.41, 5.74) is 0. The highest BCUT2D eigenvalue weighted by atomic mass is 16.5. The van der Waals surface area contributed by atoms with Gasteiger partial charge in [0.25, 0.3) is 0 Å². The maximum Gasteiger partial charge on any atom is 0.240 e. The van der Waals surface area contributed by atoms with E-state index in [-0.39, 0.29) is 0 Å². The first-order valence-electron chi connectivity index (χ1n) is 6.34. The zero-order valence-electron chi connectivity index (χ0n) is 10.6. The van der Waals surface area contributed by atoms with Gasteiger partial charge in [-0.1, -0.05) is 19.0 Å². The molecule has 17 heavy (non-hydrogen) atoms. The molecule has 2 rings (SSSR count). The summed E-state index contributed by atoms with van der Waals surface area (Å²) in [6.07, 6.45) is 1.98. The first-order chi connectivity index (χ1) is 8.24. The highest BCUT2D eigenvalue weighted by Gasteiger charge is 2.18. The van der Waals surface area contributed by atoms with Crippen molar-refractivity contribution in [2.45, 2.75) is 33.2 Å². The summed E-state index contributed by atoms with van der Waals surface area (Å²) >= 11 is 0. The lowest BCUT2D eigenvalue weighted by atomic mass is 10.1. The van der Waals surface area contributed by atoms with Crippen LogP contribution in [0.2, 0.25) is 0 Å². The Kier molecular flexibility index (Phi) is 4.50. The highest BCUT2D eigenvalue weighted by molar-refractivity contribution is 4.89. The van der Waals surface area contributed by atoms with Crippen LogP contribution >= 0.6 is 0 Å². The number of nitrogens with one attached hydrogen (secondary N) is 1. The van der Waals surface area contributed by atoms with Gasteiger partial charge in [0, 0.05) is 19.6 Å². The van der Waals surface area contributed by atoms with E-state index >= 15 is 0 Å². The fraction of sp³-hybridized carbons (Fsp3) is 0.833. The van der Waals surface area contributed by atoms with E-state index in [0.29, 0.717) is 24.3 Å². The van der Waals surface area contributed by atoms with Crippen molar-refractivity contribution >= 4 is 0 Å². The molecule has 1 aliphatic heterocycles. The summed E-state index contributed by atoms with van der Waals surface area (Å²) in [5.74, 6) is 2.68. The van der Waals surface area contributed by atoms with Crippen molar-refractivity contribution in [3.05, 3.63) is 11.7 Å². The van der Waals surface area contributed by atoms with Crippen molar-refractivity contribution in [3.63, 3.8) is 0 Å². The Labute approximate surface area is 102 Å². The van der Waals surface area contributed by atoms with Crippen LogP contribution in [-0.2, 0) is 17.7 Å². The van der Waals surface area contributed by atoms with Gasteiger partial charge in [0.05, 0.1) is 6.54 Å². The van der Waals surface area contributed by atoms with Crippen molar-refractivity contribution in [1.82, 2.24) is 15.5 Å². The zero-order valence-corrected chi connectivity index (χ0v) is 10.6. The largest absolute Gasteiger partial charge is 0.381 e. The molecule has 0 amide bonds. The standard InChI is InChI=1S/C12H21N3O2/c1-9(2)6-13-7-12-14-11(15-17-12)5-10-3-4-16-8-10/h9-10,13H,3-8H2,1-2H3. The van der Waals surface area contributed by atoms with Gasteiger partial charge in [-0.15, -0.1) is 0 Å². The van der Waals surface area contributed by atoms with Gasteiger partial charge in [0.15, 0.2) is 5.82 Å². The van der Waals surface area contributed by atoms with Crippen LogP contribution < -0.4 is 5.32 Å². The van der Waals surface area contributed by atoms with Gasteiger partial charge < -0.3 is 14.6 Å². The van der Waals surface area contributed by atoms with Crippen molar-refractivity contribution in [2.24, 2.45) is 11.8 Å². The van der Waals surface area contributed by atoms with E-state index < -0.39 is 0 Å². The molecule has 0 radical (unpaired) electrons. The van der Waals surface area contributed by atoms with Crippen LogP contribution in [0.1, 0.15) is 32.0 Å². The molecule has 1 atom stereocenters. The second kappa shape index (κ2) is 6.12. The lowest BCUT2D eigenvalue weighted by Gasteiger charge is -2.03. The topological polar surface area (TPSA) is 60.2 Å². The molecule has 0 saturated carbocycles. The van der Waals surface area contributed by atoms with E-state index in [4.69, 9.17) is 9.26 Å². The molecule has 0 spiro atoms. The fourth-order valence-electron chi connectivity index (χ4n) is 1.92. The molecule has 2 heterocycles. The molecule has 1 unspecified atom stereocenters. The van der Waals surface area contributed by atoms with Crippen LogP contribution in [0.5, 0.6) is 0 Å². The Morgan fingerprint density at radius 2 is 2.35 bits per heavy atom. The summed E-state index contributed by atoms with van der Waals surface area (Å²) in [4.78, 5) is 4.37. The number of ether oxygens (including phenoxy) is 1. The molecule has 1 saturated heterocycles. The number of hydrogen-bond donors (Lipinski definition) is 1. The molecule has 0 aromatic carbocycles. The minimum Gasteiger partial charge on any atom is -0.381 e. The number of rotatable bonds is 6. The average Bonchev–Trinajstić information content (AvgIpc) is 2.90. The maximum absolute atomic E-state index is 5.33. The Balaban J connectivity index is 1.75. The third-order valence-electron chi connectivity index (χ3n) is 2.83. The monoisotopic (exact) mass is 239 g/mol. The molecule has 0 aliphatic carbocycles. The molecule has 1 aliphatic rings. The van der Waals surface area contributed by atoms with Crippen molar-refractivity contribution in [2.75, 3.05) is 19.8 Å². The first-order valence-corrected chi connectivity index (χ1v) is 6.34. The van der Waals surface area contributed by atoms with E-state index in [1.165, 1.54) is 0 Å². The molecular weight excluding hydrogens is 218 g/mol. The van der Waals surface area contributed by atoms with E-state index in [0.717, 1.165) is 38.4 Å². The molecule has 5 nitrogen and oxygen atoms in total. The molecule has 1 aromatic rings. The van der Waals surface area contributed by atoms with Gasteiger partial charge in [-0.3, -0.25) is 0 Å². The van der Waals surface area contributed by atoms with Gasteiger partial charge in [-0.05, 0) is 24.8 Å². The SMILES string of the molecule is CC(C)CNCc1nc(CC2CCOC2)no1. The van der Waals surface area contributed by atoms with E-state index in [1.54, 1.807) is 0 Å². The Hall–Kier alpha value is -0.940. The Morgan fingerprint density at radius 1 is 1.47 bits per heavy atom. The predicted molar refractivity (Wildman–Crippen MR) is 63.5 cm³/mol. The summed E-state index contributed by atoms with van der Waals surface area (Å²) in [7, 11) is 0. The van der Waals surface area contributed by atoms with Crippen molar-refractivity contribution < 1.29 is 9.26 Å². The van der Waals surface area contributed by atoms with Crippen LogP contribution in [-0.4, -0.2) is 29.9 Å². The maximum atomic E-state index is 5.33. The van der Waals surface area contributed by atoms with E-state index in [1.807, 2.05) is 0 Å². The van der Waals surface area contributed by atoms with Gasteiger partial charge in [-0.25, -0.2) is 0 Å². The molecule has 96 valence electrons. The summed E-state index contributed by atoms with van der Waals surface area (Å²) < 4.78 is 10.5. The number of hydrogen-bond acceptors (Lipinski definition) is 5. The lowest BCUT2D eigenvalue weighted by Crippen LogP contribution is -2.19. The number of aromatic nitrogens is 2. The van der Waals surface area contributed by atoms with Crippen LogP contribution in [0.25, 0.3) is 0 Å². The second-order valence-corrected chi connectivity index (χ2v) is 5.06. The fourth-order valence-corrected chi connectivity index (χ4v) is 1.92. The Bertz CT molecular complexity index is 332. The summed E-state index contributed by atoms with van der Waals surface area (Å²) in [6, 6.07) is 0. The van der Waals surface area contributed by atoms with Gasteiger partial charge >= 0.3 is 0 Å². The molecule has 1 fully saturated rings. The van der Waals surface area contributed by atoms with Crippen molar-refractivity contribution in [3.8, 4) is 0 Å². The first kappa shape index (κ1) is 12.5. The third-order valence-corrected chi connectivity index (χ3v) is 2.83. The minimum atomic E-state index is 0.559. The summed E-state index contributed by atoms with van der Waals surface area (Å²) in [5, 5.41) is 7.28. The highest BCUT2D eigenvalue weighted by Crippen LogP contribution is 2.16. The molecular formula is C12H21N3O2. The molecule has 5 heteroatoms. The third kappa shape index (κ3) is 4.09. The van der Waals surface area contributed by atoms with Gasteiger partial charge in [-0.2, -0.15) is 4.98 Å². The zero-order chi connectivity index (χ0) is 12.1. The van der Waals surface area contributed by atoms with E-state index in [2.05, 4.69) is 29.3 Å². The van der Waals surface area contributed by atoms with Crippen LogP contribution in [0, 0.1) is 11.8 Å². The second-order valence-electron chi connectivity index (χ2n) is 5.06. The van der Waals surface area contributed by atoms with Crippen LogP contribution in [0.4, 0.5) is 0 Å². The lowest BCUT2D eigenvalue weighted by molar-refractivity contribution is 0.185. The quantitative estimate of drug-likeness (QED) is 0.813. The minimum absolute atomic E-state index is 0.559. The molecule has 1 aromatic heterocycles. The van der Waals surface area contributed by atoms with E-state index in [9.17, 15) is 0 Å². The normalized spacial score (nSPS) is 20.3. The van der Waals surface area contributed by atoms with Gasteiger partial charge in [0.1, 0.15) is 0 Å². The van der Waals surface area contributed by atoms with Crippen LogP contribution in [0.3, 0.4) is 0 Å². The van der Waals surface area contributed by atoms with Crippen molar-refractivity contribution in [1.29, 1.82) is 0 Å². The Morgan fingerprint density at radius 3 is 3.06 bits per heavy atom. The predicted octanol–water partition coefficient (Wildman–Crippen LogP) is 1.39. The van der Waals surface area contributed by atoms with Crippen LogP contribution in [0.15, 0.2) is 4.52 Å².